The van der Waals surface area contributed by atoms with Gasteiger partial charge in [0.15, 0.2) is 0 Å². The Morgan fingerprint density at radius 2 is 2.06 bits per heavy atom. The SMILES string of the molecule is Cc1ccccc1CNCCc1scnc1C. The number of nitrogens with zero attached hydrogens (tertiary/aromatic N) is 1. The fraction of sp³-hybridized carbons (Fsp3) is 0.357. The second kappa shape index (κ2) is 5.94. The molecule has 0 aliphatic rings. The smallest absolute Gasteiger partial charge is 0.0797 e. The van der Waals surface area contributed by atoms with E-state index in [0.717, 1.165) is 19.5 Å². The van der Waals surface area contributed by atoms with Crippen LogP contribution in [-0.2, 0) is 13.0 Å². The maximum atomic E-state index is 4.26. The number of hydrogen-bond donors (Lipinski definition) is 1. The molecule has 0 aliphatic heterocycles. The first-order valence-corrected chi connectivity index (χ1v) is 6.79. The molecular formula is C14H18N2S. The van der Waals surface area contributed by atoms with E-state index in [2.05, 4.69) is 48.4 Å². The van der Waals surface area contributed by atoms with E-state index in [0.29, 0.717) is 0 Å². The highest BCUT2D eigenvalue weighted by atomic mass is 32.1. The lowest BCUT2D eigenvalue weighted by Gasteiger charge is -2.07. The first kappa shape index (κ1) is 12.3. The lowest BCUT2D eigenvalue weighted by atomic mass is 10.1. The Morgan fingerprint density at radius 3 is 2.76 bits per heavy atom. The van der Waals surface area contributed by atoms with Crippen LogP contribution in [0.4, 0.5) is 0 Å². The van der Waals surface area contributed by atoms with E-state index >= 15 is 0 Å². The summed E-state index contributed by atoms with van der Waals surface area (Å²) in [6.45, 7) is 6.19. The van der Waals surface area contributed by atoms with Crippen molar-refractivity contribution in [2.24, 2.45) is 0 Å². The number of benzene rings is 1. The van der Waals surface area contributed by atoms with E-state index in [-0.39, 0.29) is 0 Å². The van der Waals surface area contributed by atoms with Crippen molar-refractivity contribution in [1.82, 2.24) is 10.3 Å². The molecule has 0 unspecified atom stereocenters. The van der Waals surface area contributed by atoms with E-state index < -0.39 is 0 Å². The van der Waals surface area contributed by atoms with Crippen LogP contribution < -0.4 is 5.32 Å². The number of rotatable bonds is 5. The Hall–Kier alpha value is -1.19. The first-order valence-electron chi connectivity index (χ1n) is 5.91. The van der Waals surface area contributed by atoms with Gasteiger partial charge in [0.25, 0.3) is 0 Å². The lowest BCUT2D eigenvalue weighted by molar-refractivity contribution is 0.686. The van der Waals surface area contributed by atoms with Gasteiger partial charge < -0.3 is 5.32 Å². The maximum absolute atomic E-state index is 4.26. The standard InChI is InChI=1S/C14H18N2S/c1-11-5-3-4-6-13(11)9-15-8-7-14-12(2)16-10-17-14/h3-6,10,15H,7-9H2,1-2H3. The van der Waals surface area contributed by atoms with Crippen LogP contribution in [0, 0.1) is 13.8 Å². The van der Waals surface area contributed by atoms with Gasteiger partial charge in [0.1, 0.15) is 0 Å². The summed E-state index contributed by atoms with van der Waals surface area (Å²) in [4.78, 5) is 5.65. The van der Waals surface area contributed by atoms with Crippen LogP contribution in [0.2, 0.25) is 0 Å². The predicted octanol–water partition coefficient (Wildman–Crippen LogP) is 3.09. The van der Waals surface area contributed by atoms with Crippen LogP contribution in [0.3, 0.4) is 0 Å². The van der Waals surface area contributed by atoms with Crippen molar-refractivity contribution >= 4 is 11.3 Å². The molecule has 2 aromatic rings. The number of aromatic nitrogens is 1. The summed E-state index contributed by atoms with van der Waals surface area (Å²) < 4.78 is 0. The number of aryl methyl sites for hydroxylation is 2. The molecule has 0 radical (unpaired) electrons. The van der Waals surface area contributed by atoms with Crippen molar-refractivity contribution in [3.63, 3.8) is 0 Å². The van der Waals surface area contributed by atoms with Crippen molar-refractivity contribution in [2.45, 2.75) is 26.8 Å². The summed E-state index contributed by atoms with van der Waals surface area (Å²) in [5, 5.41) is 3.49. The van der Waals surface area contributed by atoms with E-state index in [1.54, 1.807) is 11.3 Å². The van der Waals surface area contributed by atoms with E-state index in [9.17, 15) is 0 Å². The molecule has 0 atom stereocenters. The minimum absolute atomic E-state index is 0.949. The minimum Gasteiger partial charge on any atom is -0.312 e. The zero-order chi connectivity index (χ0) is 12.1. The van der Waals surface area contributed by atoms with Gasteiger partial charge in [0.05, 0.1) is 11.2 Å². The zero-order valence-corrected chi connectivity index (χ0v) is 11.2. The predicted molar refractivity (Wildman–Crippen MR) is 73.4 cm³/mol. The molecule has 2 rings (SSSR count). The second-order valence-electron chi connectivity index (χ2n) is 4.21. The van der Waals surface area contributed by atoms with Crippen LogP contribution in [-0.4, -0.2) is 11.5 Å². The third kappa shape index (κ3) is 3.38. The molecule has 0 saturated carbocycles. The van der Waals surface area contributed by atoms with E-state index in [1.807, 2.05) is 5.51 Å². The molecule has 3 heteroatoms. The third-order valence-corrected chi connectivity index (χ3v) is 3.95. The monoisotopic (exact) mass is 246 g/mol. The van der Waals surface area contributed by atoms with Crippen LogP contribution in [0.15, 0.2) is 29.8 Å². The largest absolute Gasteiger partial charge is 0.312 e. The van der Waals surface area contributed by atoms with Gasteiger partial charge in [-0.15, -0.1) is 11.3 Å². The molecule has 0 aliphatic carbocycles. The summed E-state index contributed by atoms with van der Waals surface area (Å²) in [7, 11) is 0. The highest BCUT2D eigenvalue weighted by molar-refractivity contribution is 7.09. The van der Waals surface area contributed by atoms with Gasteiger partial charge >= 0.3 is 0 Å². The average Bonchev–Trinajstić information content (AvgIpc) is 2.73. The van der Waals surface area contributed by atoms with Crippen molar-refractivity contribution in [2.75, 3.05) is 6.54 Å². The molecule has 2 nitrogen and oxygen atoms in total. The van der Waals surface area contributed by atoms with E-state index in [1.165, 1.54) is 21.7 Å². The highest BCUT2D eigenvalue weighted by Crippen LogP contribution is 2.12. The topological polar surface area (TPSA) is 24.9 Å². The fourth-order valence-corrected chi connectivity index (χ4v) is 2.58. The number of hydrogen-bond acceptors (Lipinski definition) is 3. The van der Waals surface area contributed by atoms with Crippen LogP contribution in [0.25, 0.3) is 0 Å². The third-order valence-electron chi connectivity index (χ3n) is 2.95. The Morgan fingerprint density at radius 1 is 1.24 bits per heavy atom. The molecule has 0 spiro atoms. The molecule has 0 saturated heterocycles. The van der Waals surface area contributed by atoms with Gasteiger partial charge in [-0.2, -0.15) is 0 Å². The maximum Gasteiger partial charge on any atom is 0.0797 e. The van der Waals surface area contributed by atoms with Gasteiger partial charge in [-0.25, -0.2) is 4.98 Å². The number of nitrogens with one attached hydrogen (secondary N) is 1. The minimum atomic E-state index is 0.949. The molecule has 1 aromatic carbocycles. The summed E-state index contributed by atoms with van der Waals surface area (Å²) in [6, 6.07) is 8.52. The van der Waals surface area contributed by atoms with Crippen LogP contribution in [0.1, 0.15) is 21.7 Å². The highest BCUT2D eigenvalue weighted by Gasteiger charge is 2.01. The molecule has 1 heterocycles. The normalized spacial score (nSPS) is 10.7. The quantitative estimate of drug-likeness (QED) is 0.820. The summed E-state index contributed by atoms with van der Waals surface area (Å²) in [5.41, 5.74) is 5.83. The molecule has 90 valence electrons. The molecule has 1 aromatic heterocycles. The van der Waals surface area contributed by atoms with Crippen molar-refractivity contribution in [3.8, 4) is 0 Å². The fourth-order valence-electron chi connectivity index (χ4n) is 1.80. The molecule has 0 bridgehead atoms. The summed E-state index contributed by atoms with van der Waals surface area (Å²) in [6.07, 6.45) is 1.07. The average molecular weight is 246 g/mol. The summed E-state index contributed by atoms with van der Waals surface area (Å²) in [5.74, 6) is 0. The Balaban J connectivity index is 1.77. The molecule has 17 heavy (non-hydrogen) atoms. The zero-order valence-electron chi connectivity index (χ0n) is 10.4. The molecule has 0 fully saturated rings. The number of thiazole rings is 1. The summed E-state index contributed by atoms with van der Waals surface area (Å²) >= 11 is 1.75. The van der Waals surface area contributed by atoms with Gasteiger partial charge in [-0.1, -0.05) is 24.3 Å². The van der Waals surface area contributed by atoms with Gasteiger partial charge in [0.2, 0.25) is 0 Å². The Bertz CT molecular complexity index is 477. The van der Waals surface area contributed by atoms with Crippen LogP contribution in [0.5, 0.6) is 0 Å². The van der Waals surface area contributed by atoms with Gasteiger partial charge in [-0.3, -0.25) is 0 Å². The molecular weight excluding hydrogens is 228 g/mol. The van der Waals surface area contributed by atoms with Crippen molar-refractivity contribution < 1.29 is 0 Å². The first-order chi connectivity index (χ1) is 8.27. The van der Waals surface area contributed by atoms with Gasteiger partial charge in [0, 0.05) is 18.0 Å². The Kier molecular flexibility index (Phi) is 4.29. The van der Waals surface area contributed by atoms with Crippen molar-refractivity contribution in [1.29, 1.82) is 0 Å². The molecule has 0 amide bonds. The lowest BCUT2D eigenvalue weighted by Crippen LogP contribution is -2.17. The second-order valence-corrected chi connectivity index (χ2v) is 5.15. The van der Waals surface area contributed by atoms with Crippen molar-refractivity contribution in [3.05, 3.63) is 51.5 Å². The van der Waals surface area contributed by atoms with Crippen LogP contribution >= 0.6 is 11.3 Å². The van der Waals surface area contributed by atoms with Gasteiger partial charge in [-0.05, 0) is 31.4 Å². The van der Waals surface area contributed by atoms with E-state index in [4.69, 9.17) is 0 Å². The Labute approximate surface area is 107 Å². The molecule has 1 N–H and O–H groups in total.